The van der Waals surface area contributed by atoms with Gasteiger partial charge in [0.1, 0.15) is 0 Å². The molecule has 0 aromatic carbocycles. The molecule has 0 aliphatic heterocycles. The van der Waals surface area contributed by atoms with Gasteiger partial charge in [0.2, 0.25) is 0 Å². The number of hydrogen-bond donors (Lipinski definition) is 1. The van der Waals surface area contributed by atoms with Crippen molar-refractivity contribution in [3.63, 3.8) is 0 Å². The maximum atomic E-state index is 3.70. The third-order valence-corrected chi connectivity index (χ3v) is 4.22. The predicted octanol–water partition coefficient (Wildman–Crippen LogP) is 3.87. The second kappa shape index (κ2) is 5.66. The van der Waals surface area contributed by atoms with E-state index >= 15 is 0 Å². The molecule has 1 N–H and O–H groups in total. The van der Waals surface area contributed by atoms with Crippen LogP contribution in [-0.2, 0) is 6.54 Å². The molecule has 1 aromatic heterocycles. The van der Waals surface area contributed by atoms with E-state index in [9.17, 15) is 0 Å². The van der Waals surface area contributed by atoms with Gasteiger partial charge in [0.25, 0.3) is 0 Å². The summed E-state index contributed by atoms with van der Waals surface area (Å²) >= 11 is 1.92. The first kappa shape index (κ1) is 11.2. The Kier molecular flexibility index (Phi) is 4.21. The molecule has 0 amide bonds. The highest BCUT2D eigenvalue weighted by atomic mass is 32.1. The van der Waals surface area contributed by atoms with Crippen LogP contribution in [0.3, 0.4) is 0 Å². The van der Waals surface area contributed by atoms with Gasteiger partial charge in [-0.15, -0.1) is 11.3 Å². The Hall–Kier alpha value is -0.340. The van der Waals surface area contributed by atoms with Crippen molar-refractivity contribution in [1.82, 2.24) is 5.32 Å². The first-order chi connectivity index (χ1) is 7.34. The Bertz CT molecular complexity index is 284. The molecule has 0 unspecified atom stereocenters. The van der Waals surface area contributed by atoms with Gasteiger partial charge in [-0.3, -0.25) is 0 Å². The normalized spacial score (nSPS) is 19.0. The van der Waals surface area contributed by atoms with Gasteiger partial charge in [0.15, 0.2) is 0 Å². The molecule has 0 spiro atoms. The molecule has 0 radical (unpaired) electrons. The molecule has 0 atom stereocenters. The topological polar surface area (TPSA) is 12.0 Å². The average Bonchev–Trinajstić information content (AvgIpc) is 2.52. The zero-order valence-electron chi connectivity index (χ0n) is 9.59. The van der Waals surface area contributed by atoms with Gasteiger partial charge in [-0.05, 0) is 31.9 Å². The van der Waals surface area contributed by atoms with Crippen LogP contribution in [0.4, 0.5) is 0 Å². The summed E-state index contributed by atoms with van der Waals surface area (Å²) in [6.07, 6.45) is 8.48. The second-order valence-electron chi connectivity index (χ2n) is 4.58. The van der Waals surface area contributed by atoms with Crippen molar-refractivity contribution in [2.45, 2.75) is 58.0 Å². The minimum atomic E-state index is 0.773. The molecule has 15 heavy (non-hydrogen) atoms. The van der Waals surface area contributed by atoms with Crippen LogP contribution >= 0.6 is 11.3 Å². The SMILES string of the molecule is Cc1ccc(CNC2CCCCCC2)s1. The Labute approximate surface area is 96.9 Å². The van der Waals surface area contributed by atoms with Crippen molar-refractivity contribution in [3.05, 3.63) is 21.9 Å². The minimum absolute atomic E-state index is 0.773. The minimum Gasteiger partial charge on any atom is -0.309 e. The number of aryl methyl sites for hydroxylation is 1. The number of hydrogen-bond acceptors (Lipinski definition) is 2. The van der Waals surface area contributed by atoms with Crippen LogP contribution in [-0.4, -0.2) is 6.04 Å². The quantitative estimate of drug-likeness (QED) is 0.767. The van der Waals surface area contributed by atoms with Gasteiger partial charge >= 0.3 is 0 Å². The van der Waals surface area contributed by atoms with E-state index in [-0.39, 0.29) is 0 Å². The van der Waals surface area contributed by atoms with E-state index in [4.69, 9.17) is 0 Å². The van der Waals surface area contributed by atoms with E-state index in [1.54, 1.807) is 0 Å². The molecule has 1 saturated carbocycles. The lowest BCUT2D eigenvalue weighted by Gasteiger charge is -2.15. The average molecular weight is 223 g/mol. The summed E-state index contributed by atoms with van der Waals surface area (Å²) in [6, 6.07) is 5.24. The highest BCUT2D eigenvalue weighted by molar-refractivity contribution is 7.11. The zero-order valence-corrected chi connectivity index (χ0v) is 10.4. The van der Waals surface area contributed by atoms with Gasteiger partial charge < -0.3 is 5.32 Å². The summed E-state index contributed by atoms with van der Waals surface area (Å²) in [5, 5.41) is 3.70. The van der Waals surface area contributed by atoms with Gasteiger partial charge in [0.05, 0.1) is 0 Å². The lowest BCUT2D eigenvalue weighted by atomic mass is 10.1. The molecule has 1 aliphatic carbocycles. The summed E-state index contributed by atoms with van der Waals surface area (Å²) in [6.45, 7) is 3.25. The highest BCUT2D eigenvalue weighted by Gasteiger charge is 2.11. The van der Waals surface area contributed by atoms with Crippen LogP contribution in [0, 0.1) is 6.92 Å². The molecule has 1 aromatic rings. The standard InChI is InChI=1S/C13H21NS/c1-11-8-9-13(15-11)10-14-12-6-4-2-3-5-7-12/h8-9,12,14H,2-7,10H2,1H3. The molecule has 2 rings (SSSR count). The maximum Gasteiger partial charge on any atom is 0.0302 e. The summed E-state index contributed by atoms with van der Waals surface area (Å²) in [5.74, 6) is 0. The first-order valence-corrected chi connectivity index (χ1v) is 6.95. The molecule has 1 fully saturated rings. The van der Waals surface area contributed by atoms with Gasteiger partial charge in [-0.2, -0.15) is 0 Å². The molecule has 1 aliphatic rings. The third-order valence-electron chi connectivity index (χ3n) is 3.22. The zero-order chi connectivity index (χ0) is 10.5. The largest absolute Gasteiger partial charge is 0.309 e. The third kappa shape index (κ3) is 3.62. The van der Waals surface area contributed by atoms with Crippen LogP contribution in [0.2, 0.25) is 0 Å². The second-order valence-corrected chi connectivity index (χ2v) is 5.95. The van der Waals surface area contributed by atoms with Crippen LogP contribution in [0.25, 0.3) is 0 Å². The summed E-state index contributed by atoms with van der Waals surface area (Å²) in [5.41, 5.74) is 0. The fourth-order valence-electron chi connectivity index (χ4n) is 2.31. The van der Waals surface area contributed by atoms with Gasteiger partial charge in [-0.1, -0.05) is 25.7 Å². The lowest BCUT2D eigenvalue weighted by molar-refractivity contribution is 0.461. The van der Waals surface area contributed by atoms with E-state index in [2.05, 4.69) is 24.4 Å². The van der Waals surface area contributed by atoms with E-state index < -0.39 is 0 Å². The van der Waals surface area contributed by atoms with E-state index in [0.29, 0.717) is 0 Å². The van der Waals surface area contributed by atoms with Crippen LogP contribution in [0.15, 0.2) is 12.1 Å². The fourth-order valence-corrected chi connectivity index (χ4v) is 3.15. The van der Waals surface area contributed by atoms with Gasteiger partial charge in [-0.25, -0.2) is 0 Å². The van der Waals surface area contributed by atoms with Crippen LogP contribution in [0.5, 0.6) is 0 Å². The number of thiophene rings is 1. The van der Waals surface area contributed by atoms with Crippen molar-refractivity contribution in [2.75, 3.05) is 0 Å². The summed E-state index contributed by atoms with van der Waals surface area (Å²) in [4.78, 5) is 2.91. The number of rotatable bonds is 3. The van der Waals surface area contributed by atoms with Crippen molar-refractivity contribution in [2.24, 2.45) is 0 Å². The first-order valence-electron chi connectivity index (χ1n) is 6.13. The molecule has 84 valence electrons. The lowest BCUT2D eigenvalue weighted by Crippen LogP contribution is -2.27. The predicted molar refractivity (Wildman–Crippen MR) is 67.4 cm³/mol. The van der Waals surface area contributed by atoms with Crippen LogP contribution < -0.4 is 5.32 Å². The van der Waals surface area contributed by atoms with E-state index in [1.165, 1.54) is 48.3 Å². The molecule has 2 heteroatoms. The van der Waals surface area contributed by atoms with Crippen molar-refractivity contribution < 1.29 is 0 Å². The van der Waals surface area contributed by atoms with Crippen molar-refractivity contribution >= 4 is 11.3 Å². The Morgan fingerprint density at radius 2 is 1.93 bits per heavy atom. The Balaban J connectivity index is 1.76. The molecule has 1 heterocycles. The van der Waals surface area contributed by atoms with E-state index in [1.807, 2.05) is 11.3 Å². The monoisotopic (exact) mass is 223 g/mol. The van der Waals surface area contributed by atoms with E-state index in [0.717, 1.165) is 12.6 Å². The molecule has 0 bridgehead atoms. The maximum absolute atomic E-state index is 3.70. The molecular formula is C13H21NS. The van der Waals surface area contributed by atoms with Crippen molar-refractivity contribution in [1.29, 1.82) is 0 Å². The number of nitrogens with one attached hydrogen (secondary N) is 1. The fraction of sp³-hybridized carbons (Fsp3) is 0.692. The summed E-state index contributed by atoms with van der Waals surface area (Å²) in [7, 11) is 0. The summed E-state index contributed by atoms with van der Waals surface area (Å²) < 4.78 is 0. The smallest absolute Gasteiger partial charge is 0.0302 e. The molecule has 1 nitrogen and oxygen atoms in total. The molecular weight excluding hydrogens is 202 g/mol. The van der Waals surface area contributed by atoms with Crippen molar-refractivity contribution in [3.8, 4) is 0 Å². The van der Waals surface area contributed by atoms with Crippen LogP contribution in [0.1, 0.15) is 48.3 Å². The molecule has 0 saturated heterocycles. The Morgan fingerprint density at radius 1 is 1.20 bits per heavy atom. The highest BCUT2D eigenvalue weighted by Crippen LogP contribution is 2.19. The van der Waals surface area contributed by atoms with Gasteiger partial charge in [0, 0.05) is 22.3 Å². The Morgan fingerprint density at radius 3 is 2.53 bits per heavy atom.